The lowest BCUT2D eigenvalue weighted by Crippen LogP contribution is -2.26. The number of nitrogens with one attached hydrogen (secondary N) is 3. The van der Waals surface area contributed by atoms with Crippen LogP contribution in [0.2, 0.25) is 0 Å². The van der Waals surface area contributed by atoms with Crippen LogP contribution in [0.25, 0.3) is 0 Å². The van der Waals surface area contributed by atoms with Crippen LogP contribution in [-0.2, 0) is 13.0 Å². The van der Waals surface area contributed by atoms with Crippen LogP contribution in [0.4, 0.5) is 11.5 Å². The number of halogens is 1. The number of nitrogens with zero attached hydrogens (tertiary/aromatic N) is 1. The summed E-state index contributed by atoms with van der Waals surface area (Å²) in [5.41, 5.74) is 3.33. The normalized spacial score (nSPS) is 13.9. The molecule has 0 aliphatic carbocycles. The third-order valence-electron chi connectivity index (χ3n) is 3.10. The molecule has 0 unspecified atom stereocenters. The number of fused-ring (bicyclic) bond motifs is 1. The maximum Gasteiger partial charge on any atom is 0.198 e. The lowest BCUT2D eigenvalue weighted by atomic mass is 10.1. The largest absolute Gasteiger partial charge is 0.339 e. The van der Waals surface area contributed by atoms with Crippen molar-refractivity contribution in [2.75, 3.05) is 11.9 Å². The van der Waals surface area contributed by atoms with Gasteiger partial charge < -0.3 is 15.6 Å². The van der Waals surface area contributed by atoms with Crippen molar-refractivity contribution in [1.82, 2.24) is 15.3 Å². The van der Waals surface area contributed by atoms with Crippen LogP contribution in [0.3, 0.4) is 0 Å². The quantitative estimate of drug-likeness (QED) is 0.736. The summed E-state index contributed by atoms with van der Waals surface area (Å²) in [5, 5.41) is 6.71. The zero-order valence-corrected chi connectivity index (χ0v) is 12.6. The first-order valence-electron chi connectivity index (χ1n) is 6.08. The molecule has 98 valence electrons. The van der Waals surface area contributed by atoms with Crippen molar-refractivity contribution in [3.05, 3.63) is 44.8 Å². The standard InChI is InChI=1S/C13H13BrN4S/c14-9-3-1-2-4-11(9)16-12-8-7-15-6-5-10(8)17-13(19)18-12/h1-4,15H,5-7H2,(H2,16,17,18,19). The van der Waals surface area contributed by atoms with Crippen LogP contribution in [0.15, 0.2) is 28.7 Å². The van der Waals surface area contributed by atoms with E-state index in [0.717, 1.165) is 41.1 Å². The van der Waals surface area contributed by atoms with Gasteiger partial charge in [0.15, 0.2) is 4.77 Å². The second-order valence-electron chi connectivity index (χ2n) is 4.38. The second-order valence-corrected chi connectivity index (χ2v) is 5.62. The highest BCUT2D eigenvalue weighted by atomic mass is 79.9. The number of benzene rings is 1. The van der Waals surface area contributed by atoms with E-state index < -0.39 is 0 Å². The van der Waals surface area contributed by atoms with Crippen LogP contribution in [0, 0.1) is 4.77 Å². The smallest absolute Gasteiger partial charge is 0.198 e. The first kappa shape index (κ1) is 12.8. The van der Waals surface area contributed by atoms with E-state index in [1.807, 2.05) is 24.3 Å². The molecule has 0 radical (unpaired) electrons. The fraction of sp³-hybridized carbons (Fsp3) is 0.231. The Labute approximate surface area is 124 Å². The second kappa shape index (κ2) is 5.40. The molecule has 1 aromatic heterocycles. The Bertz CT molecular complexity index is 668. The van der Waals surface area contributed by atoms with E-state index in [1.54, 1.807) is 0 Å². The fourth-order valence-corrected chi connectivity index (χ4v) is 2.77. The monoisotopic (exact) mass is 336 g/mol. The molecule has 6 heteroatoms. The predicted molar refractivity (Wildman–Crippen MR) is 82.3 cm³/mol. The van der Waals surface area contributed by atoms with Gasteiger partial charge in [0.1, 0.15) is 5.82 Å². The minimum atomic E-state index is 0.523. The van der Waals surface area contributed by atoms with Gasteiger partial charge in [-0.1, -0.05) is 12.1 Å². The zero-order valence-electron chi connectivity index (χ0n) is 10.2. The minimum Gasteiger partial charge on any atom is -0.339 e. The summed E-state index contributed by atoms with van der Waals surface area (Å²) >= 11 is 8.72. The SMILES string of the molecule is S=c1nc(Nc2ccccc2Br)c2c([nH]1)CCNC2. The Morgan fingerprint density at radius 2 is 2.16 bits per heavy atom. The summed E-state index contributed by atoms with van der Waals surface area (Å²) in [4.78, 5) is 7.59. The van der Waals surface area contributed by atoms with Gasteiger partial charge in [0, 0.05) is 35.2 Å². The van der Waals surface area contributed by atoms with Gasteiger partial charge in [-0.15, -0.1) is 0 Å². The van der Waals surface area contributed by atoms with Gasteiger partial charge in [-0.05, 0) is 40.3 Å². The van der Waals surface area contributed by atoms with E-state index in [2.05, 4.69) is 36.5 Å². The van der Waals surface area contributed by atoms with E-state index in [4.69, 9.17) is 12.2 Å². The Hall–Kier alpha value is -1.24. The van der Waals surface area contributed by atoms with E-state index in [-0.39, 0.29) is 0 Å². The Balaban J connectivity index is 2.03. The van der Waals surface area contributed by atoms with Gasteiger partial charge in [-0.25, -0.2) is 4.98 Å². The van der Waals surface area contributed by atoms with Crippen LogP contribution in [0.1, 0.15) is 11.3 Å². The molecule has 3 N–H and O–H groups in total. The van der Waals surface area contributed by atoms with E-state index in [9.17, 15) is 0 Å². The summed E-state index contributed by atoms with van der Waals surface area (Å²) in [5.74, 6) is 0.831. The van der Waals surface area contributed by atoms with Crippen LogP contribution in [-0.4, -0.2) is 16.5 Å². The fourth-order valence-electron chi connectivity index (χ4n) is 2.17. The lowest BCUT2D eigenvalue weighted by Gasteiger charge is -2.20. The molecule has 2 aromatic rings. The molecular formula is C13H13BrN4S. The van der Waals surface area contributed by atoms with E-state index in [1.165, 1.54) is 5.69 Å². The number of anilines is 2. The molecule has 2 heterocycles. The maximum absolute atomic E-state index is 5.20. The highest BCUT2D eigenvalue weighted by Crippen LogP contribution is 2.27. The molecule has 0 fully saturated rings. The summed E-state index contributed by atoms with van der Waals surface area (Å²) < 4.78 is 1.53. The molecule has 0 saturated heterocycles. The number of rotatable bonds is 2. The Kier molecular flexibility index (Phi) is 3.63. The van der Waals surface area contributed by atoms with Crippen molar-refractivity contribution in [1.29, 1.82) is 0 Å². The van der Waals surface area contributed by atoms with Crippen LogP contribution in [0.5, 0.6) is 0 Å². The van der Waals surface area contributed by atoms with Crippen molar-refractivity contribution in [3.63, 3.8) is 0 Å². The maximum atomic E-state index is 5.20. The molecule has 0 saturated carbocycles. The minimum absolute atomic E-state index is 0.523. The van der Waals surface area contributed by atoms with Crippen molar-refractivity contribution in [3.8, 4) is 0 Å². The van der Waals surface area contributed by atoms with Crippen molar-refractivity contribution >= 4 is 39.7 Å². The third-order valence-corrected chi connectivity index (χ3v) is 3.99. The number of para-hydroxylation sites is 1. The van der Waals surface area contributed by atoms with E-state index >= 15 is 0 Å². The van der Waals surface area contributed by atoms with Crippen molar-refractivity contribution in [2.45, 2.75) is 13.0 Å². The molecule has 19 heavy (non-hydrogen) atoms. The van der Waals surface area contributed by atoms with Gasteiger partial charge >= 0.3 is 0 Å². The molecule has 4 nitrogen and oxygen atoms in total. The molecule has 3 rings (SSSR count). The highest BCUT2D eigenvalue weighted by molar-refractivity contribution is 9.10. The number of hydrogen-bond acceptors (Lipinski definition) is 4. The molecule has 0 atom stereocenters. The van der Waals surface area contributed by atoms with Crippen molar-refractivity contribution in [2.24, 2.45) is 0 Å². The number of aromatic nitrogens is 2. The first-order chi connectivity index (χ1) is 9.24. The topological polar surface area (TPSA) is 52.7 Å². The summed E-state index contributed by atoms with van der Waals surface area (Å²) in [7, 11) is 0. The molecule has 0 spiro atoms. The van der Waals surface area contributed by atoms with Gasteiger partial charge in [0.25, 0.3) is 0 Å². The van der Waals surface area contributed by atoms with Crippen molar-refractivity contribution < 1.29 is 0 Å². The number of H-pyrrole nitrogens is 1. The lowest BCUT2D eigenvalue weighted by molar-refractivity contribution is 0.626. The van der Waals surface area contributed by atoms with Crippen LogP contribution < -0.4 is 10.6 Å². The number of aromatic amines is 1. The average molecular weight is 337 g/mol. The molecule has 1 aromatic carbocycles. The third kappa shape index (κ3) is 2.70. The molecular weight excluding hydrogens is 324 g/mol. The van der Waals surface area contributed by atoms with Gasteiger partial charge in [0.2, 0.25) is 0 Å². The highest BCUT2D eigenvalue weighted by Gasteiger charge is 2.15. The zero-order chi connectivity index (χ0) is 13.2. The summed E-state index contributed by atoms with van der Waals surface area (Å²) in [6, 6.07) is 7.98. The number of hydrogen-bond donors (Lipinski definition) is 3. The van der Waals surface area contributed by atoms with Gasteiger partial charge in [-0.2, -0.15) is 0 Å². The molecule has 1 aliphatic heterocycles. The average Bonchev–Trinajstić information content (AvgIpc) is 2.41. The molecule has 1 aliphatic rings. The van der Waals surface area contributed by atoms with Gasteiger partial charge in [0.05, 0.1) is 5.69 Å². The predicted octanol–water partition coefficient (Wildman–Crippen LogP) is 3.29. The summed E-state index contributed by atoms with van der Waals surface area (Å²) in [6.07, 6.45) is 0.951. The van der Waals surface area contributed by atoms with Crippen LogP contribution >= 0.6 is 28.1 Å². The first-order valence-corrected chi connectivity index (χ1v) is 7.28. The van der Waals surface area contributed by atoms with Gasteiger partial charge in [-0.3, -0.25) is 0 Å². The Morgan fingerprint density at radius 3 is 3.00 bits per heavy atom. The van der Waals surface area contributed by atoms with E-state index in [0.29, 0.717) is 4.77 Å². The Morgan fingerprint density at radius 1 is 1.32 bits per heavy atom. The molecule has 0 amide bonds. The summed E-state index contributed by atoms with van der Waals surface area (Å²) in [6.45, 7) is 1.78. The molecule has 0 bridgehead atoms.